The van der Waals surface area contributed by atoms with Crippen LogP contribution in [0.15, 0.2) is 23.3 Å². The van der Waals surface area contributed by atoms with Crippen LogP contribution in [0.1, 0.15) is 41.7 Å². The van der Waals surface area contributed by atoms with E-state index in [0.717, 1.165) is 56.0 Å². The number of ether oxygens (including phenoxy) is 1. The lowest BCUT2D eigenvalue weighted by molar-refractivity contribution is 0.197. The van der Waals surface area contributed by atoms with Gasteiger partial charge in [0.25, 0.3) is 5.56 Å². The maximum absolute atomic E-state index is 11.7. The van der Waals surface area contributed by atoms with Crippen LogP contribution in [0, 0.1) is 6.92 Å². The van der Waals surface area contributed by atoms with Gasteiger partial charge in [-0.1, -0.05) is 0 Å². The third-order valence-corrected chi connectivity index (χ3v) is 4.50. The number of likely N-dealkylation sites (tertiary alicyclic amines) is 1. The van der Waals surface area contributed by atoms with E-state index >= 15 is 0 Å². The first kappa shape index (κ1) is 17.7. The van der Waals surface area contributed by atoms with E-state index in [9.17, 15) is 4.79 Å². The van der Waals surface area contributed by atoms with E-state index in [1.807, 2.05) is 19.3 Å². The highest BCUT2D eigenvalue weighted by Crippen LogP contribution is 2.25. The molecule has 3 rings (SSSR count). The van der Waals surface area contributed by atoms with Gasteiger partial charge in [0.05, 0.1) is 12.3 Å². The normalized spacial score (nSPS) is 18.4. The molecule has 0 radical (unpaired) electrons. The smallest absolute Gasteiger partial charge is 0.251 e. The molecule has 1 atom stereocenters. The molecule has 0 aliphatic carbocycles. The van der Waals surface area contributed by atoms with E-state index in [2.05, 4.69) is 24.8 Å². The topological polar surface area (TPSA) is 84.0 Å². The van der Waals surface area contributed by atoms with Crippen LogP contribution in [0.25, 0.3) is 0 Å². The first-order valence-corrected chi connectivity index (χ1v) is 8.73. The number of aromatic amines is 1. The van der Waals surface area contributed by atoms with E-state index in [4.69, 9.17) is 4.74 Å². The highest BCUT2D eigenvalue weighted by Gasteiger charge is 2.23. The summed E-state index contributed by atoms with van der Waals surface area (Å²) in [6, 6.07) is 1.63. The molecule has 25 heavy (non-hydrogen) atoms. The maximum atomic E-state index is 11.7. The average Bonchev–Trinajstić information content (AvgIpc) is 2.60. The van der Waals surface area contributed by atoms with Gasteiger partial charge in [-0.05, 0) is 26.3 Å². The summed E-state index contributed by atoms with van der Waals surface area (Å²) in [5.74, 6) is 1.79. The second-order valence-electron chi connectivity index (χ2n) is 6.58. The SMILES string of the molecule is COCCc1ncc(CN2CCC[C@H](c3cc(=O)[nH]c(C)n3)C2)cn1. The number of nitrogens with zero attached hydrogens (tertiary/aromatic N) is 4. The molecular formula is C18H25N5O2. The molecule has 0 saturated carbocycles. The zero-order valence-electron chi connectivity index (χ0n) is 14.9. The van der Waals surface area contributed by atoms with Crippen molar-refractivity contribution in [2.24, 2.45) is 0 Å². The summed E-state index contributed by atoms with van der Waals surface area (Å²) in [5.41, 5.74) is 1.94. The molecule has 3 heterocycles. The number of rotatable bonds is 6. The number of piperidine rings is 1. The van der Waals surface area contributed by atoms with Crippen molar-refractivity contribution in [2.75, 3.05) is 26.8 Å². The van der Waals surface area contributed by atoms with Crippen LogP contribution in [-0.4, -0.2) is 51.6 Å². The predicted octanol–water partition coefficient (Wildman–Crippen LogP) is 1.44. The lowest BCUT2D eigenvalue weighted by atomic mass is 9.94. The Morgan fingerprint density at radius 2 is 2.16 bits per heavy atom. The fourth-order valence-corrected chi connectivity index (χ4v) is 3.30. The monoisotopic (exact) mass is 343 g/mol. The van der Waals surface area contributed by atoms with Crippen molar-refractivity contribution in [3.05, 3.63) is 51.7 Å². The Morgan fingerprint density at radius 3 is 2.88 bits per heavy atom. The molecular weight excluding hydrogens is 318 g/mol. The summed E-state index contributed by atoms with van der Waals surface area (Å²) in [6.45, 7) is 5.23. The average molecular weight is 343 g/mol. The van der Waals surface area contributed by atoms with Crippen molar-refractivity contribution in [3.8, 4) is 0 Å². The minimum absolute atomic E-state index is 0.0697. The second kappa shape index (κ2) is 8.31. The first-order chi connectivity index (χ1) is 12.1. The molecule has 1 fully saturated rings. The molecule has 0 bridgehead atoms. The minimum atomic E-state index is -0.0697. The maximum Gasteiger partial charge on any atom is 0.251 e. The van der Waals surface area contributed by atoms with Gasteiger partial charge in [0.15, 0.2) is 0 Å². The second-order valence-corrected chi connectivity index (χ2v) is 6.58. The molecule has 7 nitrogen and oxygen atoms in total. The van der Waals surface area contributed by atoms with Crippen molar-refractivity contribution >= 4 is 0 Å². The van der Waals surface area contributed by atoms with Gasteiger partial charge in [0.2, 0.25) is 0 Å². The zero-order chi connectivity index (χ0) is 17.6. The molecule has 1 aliphatic rings. The number of aromatic nitrogens is 4. The number of nitrogens with one attached hydrogen (secondary N) is 1. The van der Waals surface area contributed by atoms with Crippen LogP contribution in [0.4, 0.5) is 0 Å². The van der Waals surface area contributed by atoms with Gasteiger partial charge < -0.3 is 9.72 Å². The Morgan fingerprint density at radius 1 is 1.36 bits per heavy atom. The minimum Gasteiger partial charge on any atom is -0.384 e. The van der Waals surface area contributed by atoms with E-state index in [0.29, 0.717) is 18.3 Å². The molecule has 1 aliphatic heterocycles. The van der Waals surface area contributed by atoms with Crippen molar-refractivity contribution in [1.29, 1.82) is 0 Å². The third kappa shape index (κ3) is 4.93. The predicted molar refractivity (Wildman–Crippen MR) is 94.5 cm³/mol. The lowest BCUT2D eigenvalue weighted by Gasteiger charge is -2.32. The molecule has 0 unspecified atom stereocenters. The Balaban J connectivity index is 1.62. The standard InChI is InChI=1S/C18H25N5O2/c1-13-21-16(8-18(24)22-13)15-4-3-6-23(12-15)11-14-9-19-17(20-10-14)5-7-25-2/h8-10,15H,3-7,11-12H2,1-2H3,(H,21,22,24)/t15-/m0/s1. The first-order valence-electron chi connectivity index (χ1n) is 8.73. The van der Waals surface area contributed by atoms with Crippen molar-refractivity contribution in [2.45, 2.75) is 38.6 Å². The number of hydrogen-bond acceptors (Lipinski definition) is 6. The van der Waals surface area contributed by atoms with E-state index in [1.54, 1.807) is 13.2 Å². The number of aryl methyl sites for hydroxylation is 1. The highest BCUT2D eigenvalue weighted by atomic mass is 16.5. The zero-order valence-corrected chi connectivity index (χ0v) is 14.9. The van der Waals surface area contributed by atoms with Gasteiger partial charge in [-0.2, -0.15) is 0 Å². The molecule has 2 aromatic heterocycles. The van der Waals surface area contributed by atoms with Gasteiger partial charge in [-0.25, -0.2) is 15.0 Å². The molecule has 1 saturated heterocycles. The van der Waals surface area contributed by atoms with E-state index in [1.165, 1.54) is 0 Å². The van der Waals surface area contributed by atoms with Crippen LogP contribution < -0.4 is 5.56 Å². The fourth-order valence-electron chi connectivity index (χ4n) is 3.30. The summed E-state index contributed by atoms with van der Waals surface area (Å²) >= 11 is 0. The van der Waals surface area contributed by atoms with E-state index < -0.39 is 0 Å². The molecule has 0 aromatic carbocycles. The van der Waals surface area contributed by atoms with Gasteiger partial charge in [0, 0.05) is 56.6 Å². The molecule has 1 N–H and O–H groups in total. The molecule has 0 amide bonds. The Hall–Kier alpha value is -2.12. The van der Waals surface area contributed by atoms with Crippen molar-refractivity contribution in [1.82, 2.24) is 24.8 Å². The number of hydrogen-bond donors (Lipinski definition) is 1. The fraction of sp³-hybridized carbons (Fsp3) is 0.556. The van der Waals surface area contributed by atoms with Crippen LogP contribution >= 0.6 is 0 Å². The molecule has 134 valence electrons. The summed E-state index contributed by atoms with van der Waals surface area (Å²) in [6.07, 6.45) is 6.70. The number of methoxy groups -OCH3 is 1. The Bertz CT molecular complexity index is 744. The molecule has 2 aromatic rings. The van der Waals surface area contributed by atoms with Crippen LogP contribution in [-0.2, 0) is 17.7 Å². The van der Waals surface area contributed by atoms with Crippen LogP contribution in [0.3, 0.4) is 0 Å². The molecule has 7 heteroatoms. The van der Waals surface area contributed by atoms with Crippen molar-refractivity contribution in [3.63, 3.8) is 0 Å². The summed E-state index contributed by atoms with van der Waals surface area (Å²) in [7, 11) is 1.68. The largest absolute Gasteiger partial charge is 0.384 e. The summed E-state index contributed by atoms with van der Waals surface area (Å²) in [5, 5.41) is 0. The van der Waals surface area contributed by atoms with Gasteiger partial charge >= 0.3 is 0 Å². The Labute approximate surface area is 147 Å². The van der Waals surface area contributed by atoms with Gasteiger partial charge in [0.1, 0.15) is 11.6 Å². The molecule has 0 spiro atoms. The van der Waals surface area contributed by atoms with Crippen molar-refractivity contribution < 1.29 is 4.74 Å². The summed E-state index contributed by atoms with van der Waals surface area (Å²) < 4.78 is 5.05. The Kier molecular flexibility index (Phi) is 5.88. The lowest BCUT2D eigenvalue weighted by Crippen LogP contribution is -2.34. The summed E-state index contributed by atoms with van der Waals surface area (Å²) in [4.78, 5) is 30.1. The quantitative estimate of drug-likeness (QED) is 0.854. The van der Waals surface area contributed by atoms with Gasteiger partial charge in [-0.15, -0.1) is 0 Å². The van der Waals surface area contributed by atoms with Crippen LogP contribution in [0.2, 0.25) is 0 Å². The highest BCUT2D eigenvalue weighted by molar-refractivity contribution is 5.11. The number of H-pyrrole nitrogens is 1. The third-order valence-electron chi connectivity index (χ3n) is 4.50. The van der Waals surface area contributed by atoms with E-state index in [-0.39, 0.29) is 5.56 Å². The van der Waals surface area contributed by atoms with Gasteiger partial charge in [-0.3, -0.25) is 9.69 Å². The van der Waals surface area contributed by atoms with Crippen LogP contribution in [0.5, 0.6) is 0 Å².